The Balaban J connectivity index is 1.41. The van der Waals surface area contributed by atoms with E-state index in [1.807, 2.05) is 40.7 Å². The zero-order chi connectivity index (χ0) is 17.6. The third kappa shape index (κ3) is 5.03. The van der Waals surface area contributed by atoms with Gasteiger partial charge in [-0.05, 0) is 38.4 Å². The Bertz CT molecular complexity index is 689. The van der Waals surface area contributed by atoms with Crippen LogP contribution in [0.1, 0.15) is 17.0 Å². The predicted octanol–water partition coefficient (Wildman–Crippen LogP) is 2.81. The quantitative estimate of drug-likeness (QED) is 0.763. The second-order valence-corrected chi connectivity index (χ2v) is 7.59. The molecule has 0 spiro atoms. The Kier molecular flexibility index (Phi) is 6.04. The highest BCUT2D eigenvalue weighted by atomic mass is 32.1. The van der Waals surface area contributed by atoms with E-state index < -0.39 is 0 Å². The number of aromatic nitrogens is 1. The number of carbonyl (C=O) groups excluding carboxylic acids is 1. The van der Waals surface area contributed by atoms with E-state index in [4.69, 9.17) is 4.74 Å². The third-order valence-electron chi connectivity index (χ3n) is 4.57. The average Bonchev–Trinajstić information content (AvgIpc) is 3.23. The molecule has 1 saturated heterocycles. The van der Waals surface area contributed by atoms with Crippen LogP contribution in [0.4, 0.5) is 0 Å². The summed E-state index contributed by atoms with van der Waals surface area (Å²) < 4.78 is 5.57. The number of amides is 1. The molecule has 3 rings (SSSR count). The van der Waals surface area contributed by atoms with E-state index in [0.29, 0.717) is 5.92 Å². The molecule has 134 valence electrons. The van der Waals surface area contributed by atoms with Gasteiger partial charge in [0.05, 0.1) is 11.2 Å². The molecule has 1 aromatic heterocycles. The molecule has 1 fully saturated rings. The van der Waals surface area contributed by atoms with Crippen LogP contribution in [0.5, 0.6) is 5.75 Å². The van der Waals surface area contributed by atoms with Gasteiger partial charge in [0.1, 0.15) is 5.75 Å². The van der Waals surface area contributed by atoms with Gasteiger partial charge >= 0.3 is 0 Å². The van der Waals surface area contributed by atoms with Crippen molar-refractivity contribution in [1.82, 2.24) is 14.8 Å². The van der Waals surface area contributed by atoms with Gasteiger partial charge in [0, 0.05) is 31.1 Å². The number of carbonyl (C=O) groups is 1. The van der Waals surface area contributed by atoms with Crippen molar-refractivity contribution >= 4 is 17.2 Å². The van der Waals surface area contributed by atoms with Crippen LogP contribution in [0, 0.1) is 12.8 Å². The van der Waals surface area contributed by atoms with Crippen molar-refractivity contribution in [2.75, 3.05) is 33.3 Å². The first kappa shape index (κ1) is 17.9. The van der Waals surface area contributed by atoms with Crippen molar-refractivity contribution in [2.24, 2.45) is 5.92 Å². The summed E-state index contributed by atoms with van der Waals surface area (Å²) in [5, 5.41) is 0. The molecular weight excluding hydrogens is 334 g/mol. The van der Waals surface area contributed by atoms with Gasteiger partial charge in [0.25, 0.3) is 5.91 Å². The molecule has 1 atom stereocenters. The summed E-state index contributed by atoms with van der Waals surface area (Å²) in [5.74, 6) is 1.34. The van der Waals surface area contributed by atoms with Gasteiger partial charge < -0.3 is 14.5 Å². The molecule has 5 nitrogen and oxygen atoms in total. The van der Waals surface area contributed by atoms with Gasteiger partial charge in [-0.3, -0.25) is 4.79 Å². The van der Waals surface area contributed by atoms with Gasteiger partial charge in [0.15, 0.2) is 6.61 Å². The Morgan fingerprint density at radius 1 is 1.40 bits per heavy atom. The second-order valence-electron chi connectivity index (χ2n) is 6.65. The molecule has 6 heteroatoms. The lowest BCUT2D eigenvalue weighted by Crippen LogP contribution is -2.34. The number of rotatable bonds is 7. The van der Waals surface area contributed by atoms with Crippen molar-refractivity contribution in [3.8, 4) is 5.75 Å². The van der Waals surface area contributed by atoms with Crippen LogP contribution < -0.4 is 4.74 Å². The first-order valence-corrected chi connectivity index (χ1v) is 9.53. The third-order valence-corrected chi connectivity index (χ3v) is 5.49. The standard InChI is InChI=1S/C19H25N3O2S/c1-15-18(25-14-20-15)12-21(2)10-16-8-9-22(11-16)19(23)13-24-17-6-4-3-5-7-17/h3-7,14,16H,8-13H2,1-2H3/t16-/m1/s1. The molecule has 0 aliphatic carbocycles. The van der Waals surface area contributed by atoms with E-state index in [1.54, 1.807) is 11.3 Å². The van der Waals surface area contributed by atoms with Crippen LogP contribution in [-0.4, -0.2) is 54.0 Å². The zero-order valence-electron chi connectivity index (χ0n) is 14.9. The summed E-state index contributed by atoms with van der Waals surface area (Å²) in [5.41, 5.74) is 3.03. The number of likely N-dealkylation sites (tertiary alicyclic amines) is 1. The fraction of sp³-hybridized carbons (Fsp3) is 0.474. The number of aryl methyl sites for hydroxylation is 1. The molecule has 0 bridgehead atoms. The molecule has 2 aromatic rings. The average molecular weight is 359 g/mol. The van der Waals surface area contributed by atoms with Crippen molar-refractivity contribution in [2.45, 2.75) is 19.9 Å². The maximum Gasteiger partial charge on any atom is 0.260 e. The fourth-order valence-corrected chi connectivity index (χ4v) is 4.05. The number of nitrogens with zero attached hydrogens (tertiary/aromatic N) is 3. The maximum atomic E-state index is 12.3. The zero-order valence-corrected chi connectivity index (χ0v) is 15.7. The second kappa shape index (κ2) is 8.45. The highest BCUT2D eigenvalue weighted by molar-refractivity contribution is 7.09. The summed E-state index contributed by atoms with van der Waals surface area (Å²) in [6.07, 6.45) is 1.06. The predicted molar refractivity (Wildman–Crippen MR) is 99.8 cm³/mol. The number of ether oxygens (including phenoxy) is 1. The maximum absolute atomic E-state index is 12.3. The minimum absolute atomic E-state index is 0.0762. The Labute approximate surface area is 153 Å². The molecule has 0 unspecified atom stereocenters. The van der Waals surface area contributed by atoms with Crippen LogP contribution >= 0.6 is 11.3 Å². The highest BCUT2D eigenvalue weighted by Gasteiger charge is 2.27. The molecule has 2 heterocycles. The minimum atomic E-state index is 0.0762. The lowest BCUT2D eigenvalue weighted by atomic mass is 10.1. The number of thiazole rings is 1. The summed E-state index contributed by atoms with van der Waals surface area (Å²) in [7, 11) is 2.14. The lowest BCUT2D eigenvalue weighted by Gasteiger charge is -2.21. The monoisotopic (exact) mass is 359 g/mol. The molecule has 25 heavy (non-hydrogen) atoms. The molecule has 0 radical (unpaired) electrons. The molecule has 1 aliphatic rings. The molecular formula is C19H25N3O2S. The van der Waals surface area contributed by atoms with Gasteiger partial charge in [-0.2, -0.15) is 0 Å². The summed E-state index contributed by atoms with van der Waals surface area (Å²) in [6, 6.07) is 9.50. The van der Waals surface area contributed by atoms with E-state index in [9.17, 15) is 4.79 Å². The van der Waals surface area contributed by atoms with Gasteiger partial charge in [0.2, 0.25) is 0 Å². The Morgan fingerprint density at radius 3 is 2.92 bits per heavy atom. The van der Waals surface area contributed by atoms with E-state index in [0.717, 1.165) is 44.0 Å². The number of para-hydroxylation sites is 1. The molecule has 1 amide bonds. The smallest absolute Gasteiger partial charge is 0.260 e. The van der Waals surface area contributed by atoms with Crippen LogP contribution in [0.25, 0.3) is 0 Å². The molecule has 0 saturated carbocycles. The first-order valence-electron chi connectivity index (χ1n) is 8.65. The minimum Gasteiger partial charge on any atom is -0.484 e. The van der Waals surface area contributed by atoms with E-state index >= 15 is 0 Å². The first-order chi connectivity index (χ1) is 12.1. The van der Waals surface area contributed by atoms with Gasteiger partial charge in [-0.25, -0.2) is 4.98 Å². The van der Waals surface area contributed by atoms with Crippen LogP contribution in [0.2, 0.25) is 0 Å². The summed E-state index contributed by atoms with van der Waals surface area (Å²) >= 11 is 1.71. The lowest BCUT2D eigenvalue weighted by molar-refractivity contribution is -0.132. The van der Waals surface area contributed by atoms with E-state index in [2.05, 4.69) is 23.9 Å². The summed E-state index contributed by atoms with van der Waals surface area (Å²) in [6.45, 7) is 5.76. The molecule has 0 N–H and O–H groups in total. The fourth-order valence-electron chi connectivity index (χ4n) is 3.19. The number of hydrogen-bond acceptors (Lipinski definition) is 5. The van der Waals surface area contributed by atoms with Crippen molar-refractivity contribution < 1.29 is 9.53 Å². The number of hydrogen-bond donors (Lipinski definition) is 0. The Morgan fingerprint density at radius 2 is 2.20 bits per heavy atom. The van der Waals surface area contributed by atoms with Crippen LogP contribution in [-0.2, 0) is 11.3 Å². The van der Waals surface area contributed by atoms with Crippen LogP contribution in [0.15, 0.2) is 35.8 Å². The highest BCUT2D eigenvalue weighted by Crippen LogP contribution is 2.20. The van der Waals surface area contributed by atoms with Crippen molar-refractivity contribution in [3.63, 3.8) is 0 Å². The van der Waals surface area contributed by atoms with Gasteiger partial charge in [-0.1, -0.05) is 18.2 Å². The Hall–Kier alpha value is -1.92. The van der Waals surface area contributed by atoms with E-state index in [1.165, 1.54) is 4.88 Å². The van der Waals surface area contributed by atoms with E-state index in [-0.39, 0.29) is 12.5 Å². The summed E-state index contributed by atoms with van der Waals surface area (Å²) in [4.78, 5) is 22.2. The molecule has 1 aliphatic heterocycles. The SMILES string of the molecule is Cc1ncsc1CN(C)C[C@H]1CCN(C(=O)COc2ccccc2)C1. The van der Waals surface area contributed by atoms with Gasteiger partial charge in [-0.15, -0.1) is 11.3 Å². The normalized spacial score (nSPS) is 17.2. The van der Waals surface area contributed by atoms with Crippen molar-refractivity contribution in [3.05, 3.63) is 46.4 Å². The van der Waals surface area contributed by atoms with Crippen molar-refractivity contribution in [1.29, 1.82) is 0 Å². The topological polar surface area (TPSA) is 45.7 Å². The molecule has 1 aromatic carbocycles. The largest absolute Gasteiger partial charge is 0.484 e. The number of benzene rings is 1. The van der Waals surface area contributed by atoms with Crippen LogP contribution in [0.3, 0.4) is 0 Å².